The van der Waals surface area contributed by atoms with Crippen LogP contribution in [0, 0.1) is 0 Å². The van der Waals surface area contributed by atoms with E-state index in [4.69, 9.17) is 18.5 Å². The molecule has 0 bridgehead atoms. The van der Waals surface area contributed by atoms with Crippen LogP contribution in [0.25, 0.3) is 0 Å². The van der Waals surface area contributed by atoms with Gasteiger partial charge in [-0.05, 0) is 44.9 Å². The van der Waals surface area contributed by atoms with Crippen molar-refractivity contribution in [1.82, 2.24) is 0 Å². The average Bonchev–Trinajstić information content (AvgIpc) is 3.31. The number of hydrogen-bond acceptors (Lipinski definition) is 11. The van der Waals surface area contributed by atoms with Gasteiger partial charge in [0, 0.05) is 13.0 Å². The fourth-order valence-electron chi connectivity index (χ4n) is 8.68. The van der Waals surface area contributed by atoms with E-state index >= 15 is 0 Å². The monoisotopic (exact) mass is 975 g/mol. The van der Waals surface area contributed by atoms with Gasteiger partial charge in [0.15, 0.2) is 0 Å². The summed E-state index contributed by atoms with van der Waals surface area (Å²) in [5.41, 5.74) is 0. The lowest BCUT2D eigenvalue weighted by Crippen LogP contribution is -2.64. The highest BCUT2D eigenvalue weighted by Crippen LogP contribution is 2.47. The number of phosphoric acid groups is 1. The van der Waals surface area contributed by atoms with Gasteiger partial charge in [-0.25, -0.2) is 4.57 Å². The Bertz CT molecular complexity index is 1200. The van der Waals surface area contributed by atoms with Crippen LogP contribution >= 0.6 is 7.82 Å². The summed E-state index contributed by atoms with van der Waals surface area (Å²) in [4.78, 5) is 23.3. The maximum atomic E-state index is 12.9. The van der Waals surface area contributed by atoms with Crippen LogP contribution in [0.4, 0.5) is 0 Å². The lowest BCUT2D eigenvalue weighted by atomic mass is 9.85. The molecule has 1 aliphatic rings. The third-order valence-electron chi connectivity index (χ3n) is 13.1. The predicted octanol–water partition coefficient (Wildman–Crippen LogP) is 12.8. The fourth-order valence-corrected chi connectivity index (χ4v) is 9.66. The molecule has 0 heterocycles. The van der Waals surface area contributed by atoms with E-state index < -0.39 is 63.1 Å². The molecular formula is C54H103O12P. The Labute approximate surface area is 409 Å². The Morgan fingerprint density at radius 1 is 0.478 bits per heavy atom. The molecule has 1 saturated carbocycles. The molecule has 6 atom stereocenters. The predicted molar refractivity (Wildman–Crippen MR) is 272 cm³/mol. The Hall–Kier alpha value is -1.18. The molecule has 12 nitrogen and oxygen atoms in total. The summed E-state index contributed by atoms with van der Waals surface area (Å²) in [5, 5.41) is 50.4. The molecule has 0 aliphatic heterocycles. The number of hydrogen-bond donors (Lipinski definition) is 6. The molecule has 1 aliphatic carbocycles. The van der Waals surface area contributed by atoms with E-state index in [2.05, 4.69) is 38.2 Å². The number of rotatable bonds is 48. The van der Waals surface area contributed by atoms with Crippen molar-refractivity contribution < 1.29 is 58.3 Å². The van der Waals surface area contributed by atoms with Crippen LogP contribution < -0.4 is 0 Å². The van der Waals surface area contributed by atoms with Gasteiger partial charge in [-0.15, -0.1) is 0 Å². The van der Waals surface area contributed by atoms with Crippen LogP contribution in [-0.2, 0) is 27.9 Å². The molecule has 1 fully saturated rings. The van der Waals surface area contributed by atoms with Gasteiger partial charge < -0.3 is 39.9 Å². The van der Waals surface area contributed by atoms with E-state index in [0.29, 0.717) is 13.0 Å². The van der Waals surface area contributed by atoms with E-state index in [9.17, 15) is 39.8 Å². The Balaban J connectivity index is 2.29. The topological polar surface area (TPSA) is 192 Å². The molecule has 396 valence electrons. The second-order valence-corrected chi connectivity index (χ2v) is 20.8. The van der Waals surface area contributed by atoms with Gasteiger partial charge in [-0.3, -0.25) is 13.8 Å². The number of aliphatic hydroxyl groups is 5. The smallest absolute Gasteiger partial charge is 0.457 e. The third kappa shape index (κ3) is 36.4. The molecule has 0 amide bonds. The standard InChI is InChI=1S/C54H103O12P/c1-3-5-7-9-11-13-15-17-19-21-22-23-24-25-26-27-29-31-33-35-37-39-41-43-48(55)65-47(46-64-67(61,62)66-54-52(59)50(57)49(56)51(58)53(54)60)45-63-44-42-40-38-36-34-32-30-28-20-18-16-14-12-10-8-6-4-2/h15,17,21-22,47,49-54,56-60H,3-14,16,18-20,23-46H2,1-2H3,(H,61,62)/b17-15-,22-21-. The molecule has 0 radical (unpaired) electrons. The van der Waals surface area contributed by atoms with Crippen LogP contribution in [0.2, 0.25) is 0 Å². The lowest BCUT2D eigenvalue weighted by molar-refractivity contribution is -0.220. The quantitative estimate of drug-likeness (QED) is 0.0147. The Morgan fingerprint density at radius 2 is 0.836 bits per heavy atom. The first-order valence-electron chi connectivity index (χ1n) is 27.7. The van der Waals surface area contributed by atoms with Crippen molar-refractivity contribution in [3.8, 4) is 0 Å². The molecule has 0 aromatic rings. The Morgan fingerprint density at radius 3 is 1.25 bits per heavy atom. The first kappa shape index (κ1) is 63.8. The fraction of sp³-hybridized carbons (Fsp3) is 0.907. The number of carbonyl (C=O) groups is 1. The molecule has 0 aromatic heterocycles. The normalized spacial score (nSPS) is 21.4. The molecular weight excluding hydrogens is 872 g/mol. The van der Waals surface area contributed by atoms with Crippen molar-refractivity contribution in [1.29, 1.82) is 0 Å². The minimum atomic E-state index is -5.02. The summed E-state index contributed by atoms with van der Waals surface area (Å²) in [5.74, 6) is -0.474. The second-order valence-electron chi connectivity index (χ2n) is 19.4. The highest BCUT2D eigenvalue weighted by atomic mass is 31.2. The number of allylic oxidation sites excluding steroid dienone is 4. The highest BCUT2D eigenvalue weighted by molar-refractivity contribution is 7.47. The van der Waals surface area contributed by atoms with Gasteiger partial charge in [-0.1, -0.05) is 224 Å². The Kier molecular flexibility index (Phi) is 42.6. The molecule has 13 heteroatoms. The summed E-state index contributed by atoms with van der Waals surface area (Å²) in [6.45, 7) is 4.30. The summed E-state index contributed by atoms with van der Waals surface area (Å²) in [7, 11) is -5.02. The number of phosphoric ester groups is 1. The minimum Gasteiger partial charge on any atom is -0.457 e. The van der Waals surface area contributed by atoms with Gasteiger partial charge in [0.25, 0.3) is 0 Å². The molecule has 67 heavy (non-hydrogen) atoms. The number of esters is 1. The zero-order valence-electron chi connectivity index (χ0n) is 42.7. The summed E-state index contributed by atoms with van der Waals surface area (Å²) < 4.78 is 34.4. The van der Waals surface area contributed by atoms with Crippen molar-refractivity contribution in [2.45, 2.75) is 294 Å². The zero-order valence-corrected chi connectivity index (χ0v) is 43.6. The van der Waals surface area contributed by atoms with Crippen LogP contribution in [0.3, 0.4) is 0 Å². The highest BCUT2D eigenvalue weighted by Gasteiger charge is 2.51. The van der Waals surface area contributed by atoms with Crippen LogP contribution in [-0.4, -0.2) is 98.9 Å². The van der Waals surface area contributed by atoms with Crippen LogP contribution in [0.1, 0.15) is 251 Å². The molecule has 6 unspecified atom stereocenters. The van der Waals surface area contributed by atoms with E-state index in [1.807, 2.05) is 0 Å². The summed E-state index contributed by atoms with van der Waals surface area (Å²) >= 11 is 0. The number of unbranched alkanes of at least 4 members (excludes halogenated alkanes) is 32. The first-order valence-corrected chi connectivity index (χ1v) is 29.2. The zero-order chi connectivity index (χ0) is 49.1. The molecule has 0 spiro atoms. The van der Waals surface area contributed by atoms with Gasteiger partial charge in [0.05, 0.1) is 13.2 Å². The van der Waals surface area contributed by atoms with Crippen molar-refractivity contribution in [3.05, 3.63) is 24.3 Å². The third-order valence-corrected chi connectivity index (χ3v) is 14.1. The molecule has 6 N–H and O–H groups in total. The first-order chi connectivity index (χ1) is 32.5. The van der Waals surface area contributed by atoms with E-state index in [1.165, 1.54) is 180 Å². The van der Waals surface area contributed by atoms with E-state index in [0.717, 1.165) is 44.9 Å². The number of carbonyl (C=O) groups excluding carboxylic acids is 1. The summed E-state index contributed by atoms with van der Waals surface area (Å²) in [6.07, 6.45) is 41.0. The number of aliphatic hydroxyl groups excluding tert-OH is 5. The van der Waals surface area contributed by atoms with Gasteiger partial charge in [0.1, 0.15) is 42.7 Å². The largest absolute Gasteiger partial charge is 0.472 e. The van der Waals surface area contributed by atoms with Crippen LogP contribution in [0.15, 0.2) is 24.3 Å². The van der Waals surface area contributed by atoms with E-state index in [1.54, 1.807) is 0 Å². The van der Waals surface area contributed by atoms with Crippen molar-refractivity contribution >= 4 is 13.8 Å². The van der Waals surface area contributed by atoms with Crippen molar-refractivity contribution in [2.75, 3.05) is 19.8 Å². The second kappa shape index (κ2) is 44.7. The molecule has 0 saturated heterocycles. The minimum absolute atomic E-state index is 0.0723. The number of ether oxygens (including phenoxy) is 2. The van der Waals surface area contributed by atoms with Gasteiger partial charge in [0.2, 0.25) is 0 Å². The maximum Gasteiger partial charge on any atom is 0.472 e. The average molecular weight is 975 g/mol. The summed E-state index contributed by atoms with van der Waals surface area (Å²) in [6, 6.07) is 0. The molecule has 0 aromatic carbocycles. The van der Waals surface area contributed by atoms with Gasteiger partial charge >= 0.3 is 13.8 Å². The maximum absolute atomic E-state index is 12.9. The van der Waals surface area contributed by atoms with Crippen LogP contribution in [0.5, 0.6) is 0 Å². The van der Waals surface area contributed by atoms with E-state index in [-0.39, 0.29) is 13.0 Å². The lowest BCUT2D eigenvalue weighted by Gasteiger charge is -2.41. The van der Waals surface area contributed by atoms with Crippen molar-refractivity contribution in [3.63, 3.8) is 0 Å². The molecule has 1 rings (SSSR count). The van der Waals surface area contributed by atoms with Crippen molar-refractivity contribution in [2.24, 2.45) is 0 Å². The van der Waals surface area contributed by atoms with Gasteiger partial charge in [-0.2, -0.15) is 0 Å². The SMILES string of the molecule is CCCCCCC/C=C\C/C=C\CCCCCCCCCCCCCC(=O)OC(COCCCCCCCCCCCCCCCCCCC)COP(=O)(O)OC1C(O)C(O)C(O)C(O)C1O.